The summed E-state index contributed by atoms with van der Waals surface area (Å²) in [4.78, 5) is 41.5. The molecule has 0 aromatic carbocycles. The van der Waals surface area contributed by atoms with Gasteiger partial charge in [-0.05, 0) is 38.3 Å². The molecule has 2 amide bonds. The molecule has 1 aliphatic heterocycles. The van der Waals surface area contributed by atoms with Crippen molar-refractivity contribution in [1.29, 1.82) is 0 Å². The number of pyridine rings is 1. The maximum absolute atomic E-state index is 12.4. The topological polar surface area (TPSA) is 91.4 Å². The Hall–Kier alpha value is -2.44. The number of nitrogens with one attached hydrogen (secondary N) is 2. The van der Waals surface area contributed by atoms with Crippen molar-refractivity contribution in [2.75, 3.05) is 31.5 Å². The zero-order valence-electron chi connectivity index (χ0n) is 15.4. The number of aromatic nitrogens is 1. The molecule has 1 aromatic heterocycles. The van der Waals surface area contributed by atoms with E-state index in [0.29, 0.717) is 39.0 Å². The molecule has 7 heteroatoms. The second-order valence-corrected chi connectivity index (χ2v) is 6.67. The summed E-state index contributed by atoms with van der Waals surface area (Å²) in [5.74, 6) is 0.728. The zero-order valence-corrected chi connectivity index (χ0v) is 15.4. The molecule has 0 spiro atoms. The Labute approximate surface area is 154 Å². The Kier molecular flexibility index (Phi) is 8.05. The molecule has 142 valence electrons. The number of carbonyl (C=O) groups is 3. The van der Waals surface area contributed by atoms with Crippen LogP contribution in [0.3, 0.4) is 0 Å². The van der Waals surface area contributed by atoms with Crippen LogP contribution in [-0.2, 0) is 14.4 Å². The van der Waals surface area contributed by atoms with Gasteiger partial charge >= 0.3 is 0 Å². The molecule has 1 saturated heterocycles. The second-order valence-electron chi connectivity index (χ2n) is 6.67. The highest BCUT2D eigenvalue weighted by atomic mass is 16.2. The number of Topliss-reactive ketones (excluding diaryl/α,β-unsaturated/α-hetero) is 1. The predicted octanol–water partition coefficient (Wildman–Crippen LogP) is 1.61. The summed E-state index contributed by atoms with van der Waals surface area (Å²) in [5, 5.41) is 5.99. The third-order valence-electron chi connectivity index (χ3n) is 4.46. The molecule has 0 saturated carbocycles. The van der Waals surface area contributed by atoms with E-state index >= 15 is 0 Å². The summed E-state index contributed by atoms with van der Waals surface area (Å²) < 4.78 is 0. The SMILES string of the molecule is CC(=O)CCNC(=O)[C@H]1CCCN(C(=O)CCCNc2ccccn2)C1. The second kappa shape index (κ2) is 10.5. The fourth-order valence-electron chi connectivity index (χ4n) is 3.01. The number of carbonyl (C=O) groups excluding carboxylic acids is 3. The van der Waals surface area contributed by atoms with Crippen LogP contribution in [0.2, 0.25) is 0 Å². The van der Waals surface area contributed by atoms with Gasteiger partial charge in [0.05, 0.1) is 5.92 Å². The Balaban J connectivity index is 1.68. The molecule has 0 radical (unpaired) electrons. The van der Waals surface area contributed by atoms with E-state index in [2.05, 4.69) is 15.6 Å². The van der Waals surface area contributed by atoms with Crippen molar-refractivity contribution in [2.24, 2.45) is 5.92 Å². The van der Waals surface area contributed by atoms with E-state index in [1.807, 2.05) is 18.2 Å². The monoisotopic (exact) mass is 360 g/mol. The largest absolute Gasteiger partial charge is 0.370 e. The minimum Gasteiger partial charge on any atom is -0.370 e. The first-order chi connectivity index (χ1) is 12.6. The van der Waals surface area contributed by atoms with Gasteiger partial charge in [0.2, 0.25) is 11.8 Å². The normalized spacial score (nSPS) is 16.8. The summed E-state index contributed by atoms with van der Waals surface area (Å²) in [7, 11) is 0. The fraction of sp³-hybridized carbons (Fsp3) is 0.579. The lowest BCUT2D eigenvalue weighted by Gasteiger charge is -2.32. The lowest BCUT2D eigenvalue weighted by atomic mass is 9.96. The Morgan fingerprint density at radius 2 is 2.08 bits per heavy atom. The fourth-order valence-corrected chi connectivity index (χ4v) is 3.01. The highest BCUT2D eigenvalue weighted by Crippen LogP contribution is 2.18. The van der Waals surface area contributed by atoms with Gasteiger partial charge in [-0.2, -0.15) is 0 Å². The molecule has 2 N–H and O–H groups in total. The van der Waals surface area contributed by atoms with E-state index in [1.165, 1.54) is 6.92 Å². The average Bonchev–Trinajstić information content (AvgIpc) is 2.65. The number of hydrogen-bond donors (Lipinski definition) is 2. The maximum atomic E-state index is 12.4. The molecular formula is C19H28N4O3. The summed E-state index contributed by atoms with van der Waals surface area (Å²) in [6.45, 7) is 3.75. The Morgan fingerprint density at radius 1 is 1.23 bits per heavy atom. The van der Waals surface area contributed by atoms with Crippen molar-refractivity contribution in [3.63, 3.8) is 0 Å². The van der Waals surface area contributed by atoms with Crippen molar-refractivity contribution in [2.45, 2.75) is 39.0 Å². The molecule has 2 heterocycles. The minimum atomic E-state index is -0.175. The first-order valence-electron chi connectivity index (χ1n) is 9.26. The number of piperidine rings is 1. The van der Waals surface area contributed by atoms with Crippen LogP contribution in [-0.4, -0.2) is 53.7 Å². The van der Waals surface area contributed by atoms with Gasteiger partial charge in [0, 0.05) is 45.2 Å². The van der Waals surface area contributed by atoms with E-state index in [-0.39, 0.29) is 23.5 Å². The van der Waals surface area contributed by atoms with Gasteiger partial charge < -0.3 is 15.5 Å². The Bertz CT molecular complexity index is 606. The molecule has 1 aromatic rings. The molecule has 0 aliphatic carbocycles. The predicted molar refractivity (Wildman–Crippen MR) is 99.6 cm³/mol. The highest BCUT2D eigenvalue weighted by molar-refractivity contribution is 5.82. The van der Waals surface area contributed by atoms with Crippen LogP contribution in [0.4, 0.5) is 5.82 Å². The van der Waals surface area contributed by atoms with Crippen LogP contribution < -0.4 is 10.6 Å². The summed E-state index contributed by atoms with van der Waals surface area (Å²) in [6.07, 6.45) is 4.88. The van der Waals surface area contributed by atoms with Crippen molar-refractivity contribution in [1.82, 2.24) is 15.2 Å². The molecular weight excluding hydrogens is 332 g/mol. The van der Waals surface area contributed by atoms with E-state index in [9.17, 15) is 14.4 Å². The van der Waals surface area contributed by atoms with E-state index in [4.69, 9.17) is 0 Å². The van der Waals surface area contributed by atoms with Gasteiger partial charge in [-0.1, -0.05) is 6.07 Å². The smallest absolute Gasteiger partial charge is 0.224 e. The molecule has 1 aliphatic rings. The third kappa shape index (κ3) is 6.82. The van der Waals surface area contributed by atoms with E-state index in [1.54, 1.807) is 11.1 Å². The van der Waals surface area contributed by atoms with Gasteiger partial charge in [-0.25, -0.2) is 4.98 Å². The molecule has 1 fully saturated rings. The number of rotatable bonds is 9. The quantitative estimate of drug-likeness (QED) is 0.653. The van der Waals surface area contributed by atoms with Gasteiger partial charge in [0.15, 0.2) is 0 Å². The third-order valence-corrected chi connectivity index (χ3v) is 4.46. The van der Waals surface area contributed by atoms with Gasteiger partial charge in [-0.3, -0.25) is 14.4 Å². The van der Waals surface area contributed by atoms with Crippen LogP contribution in [0.5, 0.6) is 0 Å². The van der Waals surface area contributed by atoms with E-state index in [0.717, 1.165) is 25.1 Å². The first-order valence-corrected chi connectivity index (χ1v) is 9.26. The van der Waals surface area contributed by atoms with Crippen molar-refractivity contribution in [3.05, 3.63) is 24.4 Å². The first kappa shape index (κ1) is 19.9. The van der Waals surface area contributed by atoms with Crippen molar-refractivity contribution in [3.8, 4) is 0 Å². The number of amides is 2. The number of likely N-dealkylation sites (tertiary alicyclic amines) is 1. The Morgan fingerprint density at radius 3 is 2.81 bits per heavy atom. The molecule has 0 bridgehead atoms. The molecule has 0 unspecified atom stereocenters. The van der Waals surface area contributed by atoms with Crippen molar-refractivity contribution < 1.29 is 14.4 Å². The van der Waals surface area contributed by atoms with E-state index < -0.39 is 0 Å². The standard InChI is InChI=1S/C19H28N4O3/c1-15(24)9-12-22-19(26)16-6-5-13-23(14-16)18(25)8-4-11-21-17-7-2-3-10-20-17/h2-3,7,10,16H,4-6,8-9,11-14H2,1H3,(H,20,21)(H,22,26)/t16-/m0/s1. The van der Waals surface area contributed by atoms with Gasteiger partial charge in [0.1, 0.15) is 11.6 Å². The number of nitrogens with zero attached hydrogens (tertiary/aromatic N) is 2. The van der Waals surface area contributed by atoms with Crippen LogP contribution in [0.15, 0.2) is 24.4 Å². The molecule has 1 atom stereocenters. The zero-order chi connectivity index (χ0) is 18.8. The van der Waals surface area contributed by atoms with Crippen LogP contribution in [0.25, 0.3) is 0 Å². The van der Waals surface area contributed by atoms with Crippen LogP contribution in [0, 0.1) is 5.92 Å². The summed E-state index contributed by atoms with van der Waals surface area (Å²) in [5.41, 5.74) is 0. The number of anilines is 1. The summed E-state index contributed by atoms with van der Waals surface area (Å²) in [6, 6.07) is 5.66. The highest BCUT2D eigenvalue weighted by Gasteiger charge is 2.27. The van der Waals surface area contributed by atoms with Crippen LogP contribution in [0.1, 0.15) is 39.0 Å². The number of hydrogen-bond acceptors (Lipinski definition) is 5. The lowest BCUT2D eigenvalue weighted by Crippen LogP contribution is -2.45. The van der Waals surface area contributed by atoms with Gasteiger partial charge in [0.25, 0.3) is 0 Å². The summed E-state index contributed by atoms with van der Waals surface area (Å²) >= 11 is 0. The number of ketones is 1. The maximum Gasteiger partial charge on any atom is 0.224 e. The molecule has 7 nitrogen and oxygen atoms in total. The molecule has 2 rings (SSSR count). The minimum absolute atomic E-state index is 0.0550. The average molecular weight is 360 g/mol. The lowest BCUT2D eigenvalue weighted by molar-refractivity contribution is -0.135. The van der Waals surface area contributed by atoms with Crippen LogP contribution >= 0.6 is 0 Å². The molecule has 26 heavy (non-hydrogen) atoms. The van der Waals surface area contributed by atoms with Crippen molar-refractivity contribution >= 4 is 23.4 Å². The van der Waals surface area contributed by atoms with Gasteiger partial charge in [-0.15, -0.1) is 0 Å².